The minimum Gasteiger partial charge on any atom is -0.340 e. The van der Waals surface area contributed by atoms with Gasteiger partial charge in [0, 0.05) is 26.6 Å². The van der Waals surface area contributed by atoms with E-state index in [9.17, 15) is 4.79 Å². The number of nitrogens with one attached hydrogen (secondary N) is 1. The molecule has 1 aliphatic heterocycles. The summed E-state index contributed by atoms with van der Waals surface area (Å²) in [5.41, 5.74) is 0. The summed E-state index contributed by atoms with van der Waals surface area (Å²) in [5, 5.41) is 3.20. The maximum atomic E-state index is 11.9. The maximum absolute atomic E-state index is 11.9. The summed E-state index contributed by atoms with van der Waals surface area (Å²) in [6.45, 7) is 4.25. The molecule has 0 aromatic carbocycles. The van der Waals surface area contributed by atoms with Gasteiger partial charge in [0.2, 0.25) is 5.91 Å². The van der Waals surface area contributed by atoms with E-state index in [4.69, 9.17) is 0 Å². The number of likely N-dealkylation sites (N-methyl/N-ethyl adjacent to an activating group) is 1. The Kier molecular flexibility index (Phi) is 3.29. The van der Waals surface area contributed by atoms with Crippen molar-refractivity contribution >= 4 is 5.91 Å². The third-order valence-corrected chi connectivity index (χ3v) is 3.97. The van der Waals surface area contributed by atoms with Gasteiger partial charge >= 0.3 is 0 Å². The van der Waals surface area contributed by atoms with Crippen LogP contribution in [-0.4, -0.2) is 37.0 Å². The van der Waals surface area contributed by atoms with Gasteiger partial charge in [-0.2, -0.15) is 0 Å². The monoisotopic (exact) mass is 210 g/mol. The Hall–Kier alpha value is -0.570. The molecular formula is C12H22N2O. The standard InChI is InChI=1S/C12H22N2O/c1-9-3-4-10(5-9)6-12(15)14(2)11-7-13-8-11/h9-11,13H,3-8H2,1-2H3. The van der Waals surface area contributed by atoms with E-state index in [2.05, 4.69) is 12.2 Å². The van der Waals surface area contributed by atoms with Gasteiger partial charge in [0.1, 0.15) is 0 Å². The Morgan fingerprint density at radius 1 is 1.40 bits per heavy atom. The lowest BCUT2D eigenvalue weighted by Gasteiger charge is -2.36. The lowest BCUT2D eigenvalue weighted by Crippen LogP contribution is -2.57. The van der Waals surface area contributed by atoms with E-state index >= 15 is 0 Å². The molecule has 1 N–H and O–H groups in total. The molecule has 3 heteroatoms. The van der Waals surface area contributed by atoms with Crippen LogP contribution in [0.2, 0.25) is 0 Å². The smallest absolute Gasteiger partial charge is 0.222 e. The first kappa shape index (κ1) is 10.9. The van der Waals surface area contributed by atoms with Crippen molar-refractivity contribution in [2.45, 2.75) is 38.6 Å². The van der Waals surface area contributed by atoms with Gasteiger partial charge in [-0.05, 0) is 24.7 Å². The van der Waals surface area contributed by atoms with Crippen LogP contribution in [0.25, 0.3) is 0 Å². The summed E-state index contributed by atoms with van der Waals surface area (Å²) in [5.74, 6) is 1.84. The quantitative estimate of drug-likeness (QED) is 0.760. The fourth-order valence-electron chi connectivity index (χ4n) is 2.65. The average molecular weight is 210 g/mol. The molecule has 2 atom stereocenters. The van der Waals surface area contributed by atoms with Crippen molar-refractivity contribution in [3.8, 4) is 0 Å². The highest BCUT2D eigenvalue weighted by atomic mass is 16.2. The Morgan fingerprint density at radius 3 is 2.60 bits per heavy atom. The summed E-state index contributed by atoms with van der Waals surface area (Å²) < 4.78 is 0. The van der Waals surface area contributed by atoms with Crippen molar-refractivity contribution in [2.24, 2.45) is 11.8 Å². The minimum absolute atomic E-state index is 0.348. The Balaban J connectivity index is 1.76. The first-order valence-electron chi connectivity index (χ1n) is 6.13. The van der Waals surface area contributed by atoms with Crippen molar-refractivity contribution < 1.29 is 4.79 Å². The van der Waals surface area contributed by atoms with Gasteiger partial charge in [-0.25, -0.2) is 0 Å². The van der Waals surface area contributed by atoms with Crippen LogP contribution in [0, 0.1) is 11.8 Å². The molecule has 1 aliphatic carbocycles. The average Bonchev–Trinajstić information content (AvgIpc) is 2.48. The number of carbonyl (C=O) groups excluding carboxylic acids is 1. The van der Waals surface area contributed by atoms with Gasteiger partial charge in [-0.15, -0.1) is 0 Å². The van der Waals surface area contributed by atoms with E-state index < -0.39 is 0 Å². The number of nitrogens with zero attached hydrogens (tertiary/aromatic N) is 1. The van der Waals surface area contributed by atoms with Crippen molar-refractivity contribution in [2.75, 3.05) is 20.1 Å². The molecule has 3 nitrogen and oxygen atoms in total. The van der Waals surface area contributed by atoms with Gasteiger partial charge in [0.15, 0.2) is 0 Å². The van der Waals surface area contributed by atoms with E-state index in [1.165, 1.54) is 19.3 Å². The Bertz CT molecular complexity index is 238. The molecule has 1 saturated carbocycles. The minimum atomic E-state index is 0.348. The van der Waals surface area contributed by atoms with Gasteiger partial charge in [-0.1, -0.05) is 13.3 Å². The lowest BCUT2D eigenvalue weighted by molar-refractivity contribution is -0.133. The second-order valence-corrected chi connectivity index (χ2v) is 5.31. The van der Waals surface area contributed by atoms with Crippen molar-refractivity contribution in [3.63, 3.8) is 0 Å². The van der Waals surface area contributed by atoms with E-state index in [1.54, 1.807) is 0 Å². The molecule has 0 aromatic heterocycles. The predicted molar refractivity (Wildman–Crippen MR) is 60.5 cm³/mol. The molecule has 1 heterocycles. The molecular weight excluding hydrogens is 188 g/mol. The molecule has 2 rings (SSSR count). The van der Waals surface area contributed by atoms with Crippen LogP contribution < -0.4 is 5.32 Å². The first-order chi connectivity index (χ1) is 7.16. The fourth-order valence-corrected chi connectivity index (χ4v) is 2.65. The van der Waals surface area contributed by atoms with Crippen molar-refractivity contribution in [1.29, 1.82) is 0 Å². The Labute approximate surface area is 92.2 Å². The van der Waals surface area contributed by atoms with Gasteiger partial charge in [-0.3, -0.25) is 4.79 Å². The molecule has 15 heavy (non-hydrogen) atoms. The normalized spacial score (nSPS) is 31.3. The van der Waals surface area contributed by atoms with Crippen LogP contribution in [-0.2, 0) is 4.79 Å². The lowest BCUT2D eigenvalue weighted by atomic mass is 10.0. The molecule has 0 radical (unpaired) electrons. The van der Waals surface area contributed by atoms with Crippen molar-refractivity contribution in [1.82, 2.24) is 10.2 Å². The number of hydrogen-bond acceptors (Lipinski definition) is 2. The zero-order chi connectivity index (χ0) is 10.8. The van der Waals surface area contributed by atoms with Crippen LogP contribution in [0.3, 0.4) is 0 Å². The molecule has 2 fully saturated rings. The molecule has 2 unspecified atom stereocenters. The van der Waals surface area contributed by atoms with Crippen LogP contribution in [0.4, 0.5) is 0 Å². The van der Waals surface area contributed by atoms with E-state index in [0.717, 1.165) is 25.4 Å². The van der Waals surface area contributed by atoms with Crippen LogP contribution in [0.1, 0.15) is 32.6 Å². The number of rotatable bonds is 3. The van der Waals surface area contributed by atoms with Gasteiger partial charge in [0.05, 0.1) is 6.04 Å². The molecule has 0 bridgehead atoms. The largest absolute Gasteiger partial charge is 0.340 e. The van der Waals surface area contributed by atoms with Crippen LogP contribution in [0.15, 0.2) is 0 Å². The molecule has 86 valence electrons. The Morgan fingerprint density at radius 2 is 2.13 bits per heavy atom. The topological polar surface area (TPSA) is 32.3 Å². The fraction of sp³-hybridized carbons (Fsp3) is 0.917. The molecule has 0 aromatic rings. The third-order valence-electron chi connectivity index (χ3n) is 3.97. The van der Waals surface area contributed by atoms with E-state index in [1.807, 2.05) is 11.9 Å². The highest BCUT2D eigenvalue weighted by Crippen LogP contribution is 2.32. The summed E-state index contributed by atoms with van der Waals surface area (Å²) >= 11 is 0. The zero-order valence-corrected chi connectivity index (χ0v) is 9.83. The molecule has 2 aliphatic rings. The first-order valence-corrected chi connectivity index (χ1v) is 6.13. The summed E-state index contributed by atoms with van der Waals surface area (Å²) in [6, 6.07) is 0.455. The third kappa shape index (κ3) is 2.51. The van der Waals surface area contributed by atoms with Crippen LogP contribution >= 0.6 is 0 Å². The van der Waals surface area contributed by atoms with Crippen LogP contribution in [0.5, 0.6) is 0 Å². The molecule has 1 saturated heterocycles. The number of hydrogen-bond donors (Lipinski definition) is 1. The summed E-state index contributed by atoms with van der Waals surface area (Å²) in [6.07, 6.45) is 4.59. The van der Waals surface area contributed by atoms with Gasteiger partial charge < -0.3 is 10.2 Å². The highest BCUT2D eigenvalue weighted by Gasteiger charge is 2.29. The maximum Gasteiger partial charge on any atom is 0.222 e. The number of amides is 1. The zero-order valence-electron chi connectivity index (χ0n) is 9.83. The van der Waals surface area contributed by atoms with E-state index in [0.29, 0.717) is 17.9 Å². The predicted octanol–water partition coefficient (Wildman–Crippen LogP) is 1.24. The molecule has 1 amide bonds. The number of carbonyl (C=O) groups is 1. The van der Waals surface area contributed by atoms with E-state index in [-0.39, 0.29) is 0 Å². The highest BCUT2D eigenvalue weighted by molar-refractivity contribution is 5.76. The summed E-state index contributed by atoms with van der Waals surface area (Å²) in [7, 11) is 1.95. The van der Waals surface area contributed by atoms with Gasteiger partial charge in [0.25, 0.3) is 0 Å². The summed E-state index contributed by atoms with van der Waals surface area (Å²) in [4.78, 5) is 13.9. The SMILES string of the molecule is CC1CCC(CC(=O)N(C)C2CNC2)C1. The second-order valence-electron chi connectivity index (χ2n) is 5.31. The second kappa shape index (κ2) is 4.52. The molecule has 0 spiro atoms. The van der Waals surface area contributed by atoms with Crippen molar-refractivity contribution in [3.05, 3.63) is 0 Å².